The zero-order chi connectivity index (χ0) is 15.3. The Hall–Kier alpha value is -1.13. The molecular weight excluding hydrogens is 213 g/mol. The second-order valence-electron chi connectivity index (χ2n) is 5.08. The van der Waals surface area contributed by atoms with Gasteiger partial charge in [-0.1, -0.05) is 18.7 Å². The summed E-state index contributed by atoms with van der Waals surface area (Å²) in [5.74, 6) is 0. The molecular formula is C13H18BNO2. The lowest BCUT2D eigenvalue weighted by atomic mass is 9.80. The number of rotatable bonds is 2. The highest BCUT2D eigenvalue weighted by molar-refractivity contribution is 6.62. The van der Waals surface area contributed by atoms with Gasteiger partial charge in [0.2, 0.25) is 0 Å². The van der Waals surface area contributed by atoms with Crippen molar-refractivity contribution in [2.45, 2.75) is 38.9 Å². The number of hydrogen-bond acceptors (Lipinski definition) is 3. The summed E-state index contributed by atoms with van der Waals surface area (Å²) in [6, 6.07) is 0.0171. The average Bonchev–Trinajstić information content (AvgIpc) is 2.47. The van der Waals surface area contributed by atoms with E-state index in [0.29, 0.717) is 0 Å². The molecule has 0 bridgehead atoms. The molecule has 0 amide bonds. The van der Waals surface area contributed by atoms with Crippen molar-refractivity contribution in [3.05, 3.63) is 30.5 Å². The Kier molecular flexibility index (Phi) is 2.07. The molecule has 2 heterocycles. The highest BCUT2D eigenvalue weighted by Gasteiger charge is 2.51. The van der Waals surface area contributed by atoms with E-state index >= 15 is 0 Å². The minimum absolute atomic E-state index is 0.0171. The van der Waals surface area contributed by atoms with Gasteiger partial charge in [0.15, 0.2) is 0 Å². The van der Waals surface area contributed by atoms with Gasteiger partial charge in [-0.25, -0.2) is 0 Å². The number of pyridine rings is 1. The molecule has 1 saturated heterocycles. The Bertz CT molecular complexity index is 559. The molecule has 0 radical (unpaired) electrons. The summed E-state index contributed by atoms with van der Waals surface area (Å²) in [5, 5.41) is 0. The molecule has 0 atom stereocenters. The Morgan fingerprint density at radius 3 is 2.41 bits per heavy atom. The fraction of sp³-hybridized carbons (Fsp3) is 0.462. The third-order valence-electron chi connectivity index (χ3n) is 3.32. The topological polar surface area (TPSA) is 31.4 Å². The van der Waals surface area contributed by atoms with E-state index in [1.807, 2.05) is 27.7 Å². The second kappa shape index (κ2) is 3.96. The van der Waals surface area contributed by atoms with Gasteiger partial charge in [0, 0.05) is 17.8 Å². The molecule has 3 nitrogen and oxygen atoms in total. The molecule has 0 unspecified atom stereocenters. The number of hydrogen-bond donors (Lipinski definition) is 0. The molecule has 1 aliphatic rings. The van der Waals surface area contributed by atoms with E-state index in [1.165, 1.54) is 6.08 Å². The fourth-order valence-electron chi connectivity index (χ4n) is 1.52. The largest absolute Gasteiger partial charge is 0.496 e. The predicted octanol–water partition coefficient (Wildman–Crippen LogP) is 2.02. The standard InChI is InChI=1S/C13H18BNO2/c1-6-10-7-11(9-15-8-10)14-16-12(2,3)13(4,5)17-14/h6-9H,1H2,2-5H3/i7D,8D,9D. The zero-order valence-corrected chi connectivity index (χ0v) is 10.6. The summed E-state index contributed by atoms with van der Waals surface area (Å²) in [4.78, 5) is 3.83. The van der Waals surface area contributed by atoms with Crippen LogP contribution in [0.4, 0.5) is 0 Å². The van der Waals surface area contributed by atoms with E-state index in [0.717, 1.165) is 0 Å². The van der Waals surface area contributed by atoms with Crippen LogP contribution >= 0.6 is 0 Å². The second-order valence-corrected chi connectivity index (χ2v) is 5.08. The van der Waals surface area contributed by atoms with Gasteiger partial charge in [-0.3, -0.25) is 4.98 Å². The molecule has 1 fully saturated rings. The first-order valence-corrected chi connectivity index (χ1v) is 5.56. The first kappa shape index (κ1) is 8.89. The lowest BCUT2D eigenvalue weighted by Gasteiger charge is -2.32. The lowest BCUT2D eigenvalue weighted by molar-refractivity contribution is 0.00578. The molecule has 1 aromatic rings. The van der Waals surface area contributed by atoms with E-state index < -0.39 is 18.3 Å². The molecule has 17 heavy (non-hydrogen) atoms. The van der Waals surface area contributed by atoms with Crippen LogP contribution in [-0.4, -0.2) is 23.3 Å². The zero-order valence-electron chi connectivity index (χ0n) is 13.6. The van der Waals surface area contributed by atoms with Crippen molar-refractivity contribution in [3.63, 3.8) is 0 Å². The van der Waals surface area contributed by atoms with Crippen LogP contribution in [0, 0.1) is 0 Å². The number of nitrogens with zero attached hydrogens (tertiary/aromatic N) is 1. The molecule has 0 spiro atoms. The van der Waals surface area contributed by atoms with Crippen molar-refractivity contribution in [3.8, 4) is 0 Å². The van der Waals surface area contributed by atoms with Crippen LogP contribution in [-0.2, 0) is 9.31 Å². The molecule has 1 aromatic heterocycles. The van der Waals surface area contributed by atoms with Crippen LogP contribution in [0.25, 0.3) is 6.08 Å². The smallest absolute Gasteiger partial charge is 0.399 e. The van der Waals surface area contributed by atoms with Gasteiger partial charge in [0.05, 0.1) is 15.3 Å². The normalized spacial score (nSPS) is 24.0. The van der Waals surface area contributed by atoms with Gasteiger partial charge < -0.3 is 9.31 Å². The Balaban J connectivity index is 2.53. The highest BCUT2D eigenvalue weighted by Crippen LogP contribution is 2.36. The lowest BCUT2D eigenvalue weighted by Crippen LogP contribution is -2.41. The molecule has 0 saturated carbocycles. The Labute approximate surface area is 107 Å². The fourth-order valence-corrected chi connectivity index (χ4v) is 1.52. The maximum Gasteiger partial charge on any atom is 0.496 e. The maximum atomic E-state index is 8.14. The predicted molar refractivity (Wildman–Crippen MR) is 70.0 cm³/mol. The van der Waals surface area contributed by atoms with E-state index in [2.05, 4.69) is 11.6 Å². The molecule has 90 valence electrons. The summed E-state index contributed by atoms with van der Waals surface area (Å²) < 4.78 is 35.4. The minimum atomic E-state index is -0.827. The SMILES string of the molecule is [2H]c1nc([2H])c(B2OC(C)(C)C(C)(C)O2)c([2H])c1C=C. The van der Waals surface area contributed by atoms with Gasteiger partial charge in [0.25, 0.3) is 0 Å². The quantitative estimate of drug-likeness (QED) is 0.733. The van der Waals surface area contributed by atoms with Crippen molar-refractivity contribution in [2.24, 2.45) is 0 Å². The van der Waals surface area contributed by atoms with E-state index in [-0.39, 0.29) is 29.4 Å². The van der Waals surface area contributed by atoms with Crippen LogP contribution < -0.4 is 5.46 Å². The van der Waals surface area contributed by atoms with Crippen molar-refractivity contribution in [1.29, 1.82) is 0 Å². The average molecular weight is 234 g/mol. The third kappa shape index (κ3) is 2.15. The van der Waals surface area contributed by atoms with Gasteiger partial charge in [-0.15, -0.1) is 0 Å². The van der Waals surface area contributed by atoms with Gasteiger partial charge >= 0.3 is 7.12 Å². The summed E-state index contributed by atoms with van der Waals surface area (Å²) >= 11 is 0. The van der Waals surface area contributed by atoms with E-state index in [4.69, 9.17) is 13.4 Å². The van der Waals surface area contributed by atoms with E-state index in [9.17, 15) is 0 Å². The third-order valence-corrected chi connectivity index (χ3v) is 3.32. The number of aromatic nitrogens is 1. The monoisotopic (exact) mass is 234 g/mol. The van der Waals surface area contributed by atoms with Crippen molar-refractivity contribution in [1.82, 2.24) is 4.98 Å². The summed E-state index contributed by atoms with van der Waals surface area (Å²) in [7, 11) is -0.827. The van der Waals surface area contributed by atoms with Gasteiger partial charge in [-0.05, 0) is 33.3 Å². The molecule has 4 heteroatoms. The van der Waals surface area contributed by atoms with Crippen LogP contribution in [0.5, 0.6) is 0 Å². The Morgan fingerprint density at radius 1 is 1.29 bits per heavy atom. The minimum Gasteiger partial charge on any atom is -0.399 e. The first-order chi connectivity index (χ1) is 9.10. The summed E-state index contributed by atoms with van der Waals surface area (Å²) in [6.07, 6.45) is 1.10. The van der Waals surface area contributed by atoms with Crippen molar-refractivity contribution < 1.29 is 13.4 Å². The highest BCUT2D eigenvalue weighted by atomic mass is 16.7. The maximum absolute atomic E-state index is 8.14. The van der Waals surface area contributed by atoms with Crippen molar-refractivity contribution >= 4 is 18.7 Å². The molecule has 0 N–H and O–H groups in total. The van der Waals surface area contributed by atoms with Crippen LogP contribution in [0.15, 0.2) is 25.0 Å². The van der Waals surface area contributed by atoms with Crippen molar-refractivity contribution in [2.75, 3.05) is 0 Å². The Morgan fingerprint density at radius 2 is 1.88 bits per heavy atom. The van der Waals surface area contributed by atoms with Gasteiger partial charge in [-0.2, -0.15) is 0 Å². The van der Waals surface area contributed by atoms with Gasteiger partial charge in [0.1, 0.15) is 0 Å². The van der Waals surface area contributed by atoms with E-state index in [1.54, 1.807) is 0 Å². The molecule has 2 rings (SSSR count). The van der Waals surface area contributed by atoms with Crippen LogP contribution in [0.1, 0.15) is 37.4 Å². The summed E-state index contributed by atoms with van der Waals surface area (Å²) in [6.45, 7) is 11.2. The molecule has 1 aliphatic heterocycles. The van der Waals surface area contributed by atoms with Crippen LogP contribution in [0.3, 0.4) is 0 Å². The molecule has 0 aliphatic carbocycles. The molecule has 0 aromatic carbocycles. The first-order valence-electron chi connectivity index (χ1n) is 7.06. The summed E-state index contributed by atoms with van der Waals surface area (Å²) in [5.41, 5.74) is -0.574. The van der Waals surface area contributed by atoms with Crippen LogP contribution in [0.2, 0.25) is 0 Å².